The third-order valence-corrected chi connectivity index (χ3v) is 7.23. The maximum atomic E-state index is 12.6. The van der Waals surface area contributed by atoms with E-state index in [2.05, 4.69) is 20.2 Å². The van der Waals surface area contributed by atoms with Crippen LogP contribution in [0.15, 0.2) is 42.5 Å². The van der Waals surface area contributed by atoms with Gasteiger partial charge in [-0.15, -0.1) is 0 Å². The summed E-state index contributed by atoms with van der Waals surface area (Å²) < 4.78 is 4.55. The standard InChI is InChI=1S/C23H23N5O4S/c29-21-17-8-7-16(28(31)32)15-19(17)22(30)27(21)10-4-3-9-25-11-13-26(14-12-25)23-18-5-1-2-6-20(18)24-33-23/h1-2,5-8,15H,3-4,9-14H2. The molecule has 2 aliphatic rings. The fourth-order valence-corrected chi connectivity index (χ4v) is 5.39. The minimum atomic E-state index is -0.558. The van der Waals surface area contributed by atoms with Gasteiger partial charge in [-0.25, -0.2) is 0 Å². The molecule has 10 heteroatoms. The number of hydrogen-bond donors (Lipinski definition) is 0. The van der Waals surface area contributed by atoms with Crippen LogP contribution in [0.3, 0.4) is 0 Å². The fraction of sp³-hybridized carbons (Fsp3) is 0.348. The Bertz CT molecular complexity index is 1230. The number of non-ortho nitro benzene ring substituents is 1. The second-order valence-electron chi connectivity index (χ2n) is 8.29. The number of hydrogen-bond acceptors (Lipinski definition) is 8. The van der Waals surface area contributed by atoms with E-state index in [9.17, 15) is 19.7 Å². The highest BCUT2D eigenvalue weighted by atomic mass is 32.1. The number of nitro groups is 1. The number of piperazine rings is 1. The molecule has 0 spiro atoms. The first kappa shape index (κ1) is 21.5. The fourth-order valence-electron chi connectivity index (χ4n) is 4.48. The number of aromatic nitrogens is 1. The van der Waals surface area contributed by atoms with Gasteiger partial charge in [-0.05, 0) is 49.1 Å². The number of imide groups is 1. The van der Waals surface area contributed by atoms with Crippen molar-refractivity contribution < 1.29 is 14.5 Å². The normalized spacial score (nSPS) is 16.6. The molecular formula is C23H23N5O4S. The minimum Gasteiger partial charge on any atom is -0.359 e. The predicted molar refractivity (Wildman–Crippen MR) is 126 cm³/mol. The second-order valence-corrected chi connectivity index (χ2v) is 9.04. The predicted octanol–water partition coefficient (Wildman–Crippen LogP) is 3.40. The zero-order valence-corrected chi connectivity index (χ0v) is 18.8. The van der Waals surface area contributed by atoms with Gasteiger partial charge >= 0.3 is 0 Å². The molecule has 2 aromatic carbocycles. The SMILES string of the molecule is O=C1c2ccc([N+](=O)[O-])cc2C(=O)N1CCCCN1CCN(c2snc3ccccc23)CC1. The van der Waals surface area contributed by atoms with E-state index in [0.717, 1.165) is 44.7 Å². The quantitative estimate of drug-likeness (QED) is 0.228. The van der Waals surface area contributed by atoms with Crippen LogP contribution in [-0.4, -0.2) is 70.2 Å². The Balaban J connectivity index is 1.09. The third-order valence-electron chi connectivity index (χ3n) is 6.30. The number of carbonyl (C=O) groups is 2. The molecule has 9 nitrogen and oxygen atoms in total. The molecule has 0 bridgehead atoms. The summed E-state index contributed by atoms with van der Waals surface area (Å²) in [7, 11) is 0. The average molecular weight is 466 g/mol. The van der Waals surface area contributed by atoms with E-state index >= 15 is 0 Å². The number of nitrogens with zero attached hydrogens (tertiary/aromatic N) is 5. The number of nitro benzene ring substituents is 1. The van der Waals surface area contributed by atoms with Crippen LogP contribution in [0.5, 0.6) is 0 Å². The van der Waals surface area contributed by atoms with Gasteiger partial charge in [0, 0.05) is 50.2 Å². The summed E-state index contributed by atoms with van der Waals surface area (Å²) in [6, 6.07) is 12.1. The van der Waals surface area contributed by atoms with Crippen LogP contribution in [0.1, 0.15) is 33.6 Å². The molecule has 3 heterocycles. The van der Waals surface area contributed by atoms with Crippen LogP contribution in [0.2, 0.25) is 0 Å². The average Bonchev–Trinajstić information content (AvgIpc) is 3.36. The molecule has 0 radical (unpaired) electrons. The van der Waals surface area contributed by atoms with E-state index in [-0.39, 0.29) is 22.7 Å². The van der Waals surface area contributed by atoms with Crippen molar-refractivity contribution in [3.63, 3.8) is 0 Å². The summed E-state index contributed by atoms with van der Waals surface area (Å²) >= 11 is 1.55. The van der Waals surface area contributed by atoms with E-state index in [1.165, 1.54) is 33.5 Å². The van der Waals surface area contributed by atoms with Crippen LogP contribution in [0.25, 0.3) is 10.9 Å². The molecule has 5 rings (SSSR count). The van der Waals surface area contributed by atoms with Crippen molar-refractivity contribution in [3.8, 4) is 0 Å². The van der Waals surface area contributed by atoms with Crippen LogP contribution >= 0.6 is 11.5 Å². The highest BCUT2D eigenvalue weighted by molar-refractivity contribution is 7.11. The maximum absolute atomic E-state index is 12.6. The van der Waals surface area contributed by atoms with Crippen molar-refractivity contribution in [1.29, 1.82) is 0 Å². The van der Waals surface area contributed by atoms with E-state index in [0.29, 0.717) is 13.0 Å². The van der Waals surface area contributed by atoms with E-state index in [4.69, 9.17) is 0 Å². The van der Waals surface area contributed by atoms with Crippen LogP contribution < -0.4 is 4.90 Å². The number of benzene rings is 2. The second kappa shape index (κ2) is 8.87. The number of amides is 2. The molecule has 3 aromatic rings. The maximum Gasteiger partial charge on any atom is 0.270 e. The Morgan fingerprint density at radius 1 is 0.939 bits per heavy atom. The Hall–Kier alpha value is -3.37. The molecule has 33 heavy (non-hydrogen) atoms. The van der Waals surface area contributed by atoms with Crippen molar-refractivity contribution in [1.82, 2.24) is 14.2 Å². The van der Waals surface area contributed by atoms with Crippen LogP contribution in [0.4, 0.5) is 10.7 Å². The van der Waals surface area contributed by atoms with Gasteiger partial charge in [0.05, 0.1) is 21.6 Å². The third kappa shape index (κ3) is 4.07. The molecule has 1 fully saturated rings. The van der Waals surface area contributed by atoms with Crippen molar-refractivity contribution in [2.45, 2.75) is 12.8 Å². The number of fused-ring (bicyclic) bond motifs is 2. The molecule has 0 unspecified atom stereocenters. The largest absolute Gasteiger partial charge is 0.359 e. The van der Waals surface area contributed by atoms with Gasteiger partial charge in [0.25, 0.3) is 17.5 Å². The van der Waals surface area contributed by atoms with Gasteiger partial charge in [0.15, 0.2) is 0 Å². The van der Waals surface area contributed by atoms with Crippen molar-refractivity contribution in [3.05, 3.63) is 63.7 Å². The van der Waals surface area contributed by atoms with E-state index < -0.39 is 10.8 Å². The Labute approximate surface area is 194 Å². The van der Waals surface area contributed by atoms with Gasteiger partial charge in [-0.1, -0.05) is 12.1 Å². The van der Waals surface area contributed by atoms with Gasteiger partial charge in [-0.2, -0.15) is 4.37 Å². The first-order valence-corrected chi connectivity index (χ1v) is 11.8. The van der Waals surface area contributed by atoms with Gasteiger partial charge in [0.2, 0.25) is 0 Å². The molecule has 0 N–H and O–H groups in total. The lowest BCUT2D eigenvalue weighted by Gasteiger charge is -2.35. The molecule has 0 aliphatic carbocycles. The first-order valence-electron chi connectivity index (χ1n) is 11.0. The van der Waals surface area contributed by atoms with Crippen molar-refractivity contribution >= 4 is 44.9 Å². The summed E-state index contributed by atoms with van der Waals surface area (Å²) in [4.78, 5) is 41.5. The number of anilines is 1. The molecule has 2 amide bonds. The molecule has 2 aliphatic heterocycles. The highest BCUT2D eigenvalue weighted by Gasteiger charge is 2.36. The summed E-state index contributed by atoms with van der Waals surface area (Å²) in [5.41, 5.74) is 1.24. The lowest BCUT2D eigenvalue weighted by Crippen LogP contribution is -2.46. The lowest BCUT2D eigenvalue weighted by molar-refractivity contribution is -0.384. The van der Waals surface area contributed by atoms with Gasteiger partial charge < -0.3 is 4.90 Å². The Morgan fingerprint density at radius 2 is 1.67 bits per heavy atom. The van der Waals surface area contributed by atoms with Crippen molar-refractivity contribution in [2.24, 2.45) is 0 Å². The zero-order chi connectivity index (χ0) is 22.9. The first-order chi connectivity index (χ1) is 16.0. The minimum absolute atomic E-state index is 0.126. The molecule has 170 valence electrons. The monoisotopic (exact) mass is 465 g/mol. The molecule has 0 saturated carbocycles. The van der Waals surface area contributed by atoms with Gasteiger partial charge in [0.1, 0.15) is 5.00 Å². The topological polar surface area (TPSA) is 99.9 Å². The Morgan fingerprint density at radius 3 is 2.45 bits per heavy atom. The summed E-state index contributed by atoms with van der Waals surface area (Å²) in [5.74, 6) is -0.806. The number of rotatable bonds is 7. The van der Waals surface area contributed by atoms with Gasteiger partial charge in [-0.3, -0.25) is 29.5 Å². The number of carbonyl (C=O) groups excluding carboxylic acids is 2. The van der Waals surface area contributed by atoms with E-state index in [1.54, 1.807) is 11.5 Å². The smallest absolute Gasteiger partial charge is 0.270 e. The molecule has 0 atom stereocenters. The summed E-state index contributed by atoms with van der Waals surface area (Å²) in [6.45, 7) is 5.05. The molecular weight excluding hydrogens is 442 g/mol. The van der Waals surface area contributed by atoms with Crippen molar-refractivity contribution in [2.75, 3.05) is 44.2 Å². The lowest BCUT2D eigenvalue weighted by atomic mass is 10.1. The van der Waals surface area contributed by atoms with E-state index in [1.807, 2.05) is 18.2 Å². The molecule has 1 saturated heterocycles. The van der Waals surface area contributed by atoms with Crippen LogP contribution in [0, 0.1) is 10.1 Å². The van der Waals surface area contributed by atoms with Crippen LogP contribution in [-0.2, 0) is 0 Å². The highest BCUT2D eigenvalue weighted by Crippen LogP contribution is 2.32. The Kier molecular flexibility index (Phi) is 5.77. The zero-order valence-electron chi connectivity index (χ0n) is 18.0. The summed E-state index contributed by atoms with van der Waals surface area (Å²) in [6.07, 6.45) is 1.57. The molecule has 1 aromatic heterocycles. The summed E-state index contributed by atoms with van der Waals surface area (Å²) in [5, 5.41) is 13.4. The number of unbranched alkanes of at least 4 members (excludes halogenated alkanes) is 1.